The number of rotatable bonds is 7. The second-order valence-electron chi connectivity index (χ2n) is 3.66. The lowest BCUT2D eigenvalue weighted by molar-refractivity contribution is 0.233. The standard InChI is InChI=1S/C12H16O4/c13-6-1-7-14-10-2-4-11(5-3-10)15-8-12-9-16-12/h2-5,12-13H,1,6-9H2. The molecule has 1 aromatic rings. The van der Waals surface area contributed by atoms with Gasteiger partial charge in [-0.3, -0.25) is 0 Å². The Labute approximate surface area is 94.8 Å². The van der Waals surface area contributed by atoms with Gasteiger partial charge in [0.25, 0.3) is 0 Å². The number of aliphatic hydroxyl groups excluding tert-OH is 1. The van der Waals surface area contributed by atoms with Gasteiger partial charge in [-0.2, -0.15) is 0 Å². The zero-order valence-electron chi connectivity index (χ0n) is 9.09. The van der Waals surface area contributed by atoms with E-state index in [9.17, 15) is 0 Å². The van der Waals surface area contributed by atoms with Crippen LogP contribution >= 0.6 is 0 Å². The van der Waals surface area contributed by atoms with Crippen LogP contribution in [-0.2, 0) is 4.74 Å². The van der Waals surface area contributed by atoms with Gasteiger partial charge < -0.3 is 19.3 Å². The van der Waals surface area contributed by atoms with Crippen molar-refractivity contribution in [1.82, 2.24) is 0 Å². The van der Waals surface area contributed by atoms with Gasteiger partial charge in [-0.05, 0) is 24.3 Å². The molecule has 1 unspecified atom stereocenters. The van der Waals surface area contributed by atoms with Crippen LogP contribution in [0.1, 0.15) is 6.42 Å². The summed E-state index contributed by atoms with van der Waals surface area (Å²) in [4.78, 5) is 0. The Hall–Kier alpha value is -1.26. The average Bonchev–Trinajstić information content (AvgIpc) is 3.12. The minimum Gasteiger partial charge on any atom is -0.494 e. The number of hydrogen-bond donors (Lipinski definition) is 1. The Morgan fingerprint density at radius 3 is 2.38 bits per heavy atom. The van der Waals surface area contributed by atoms with E-state index in [1.54, 1.807) is 0 Å². The van der Waals surface area contributed by atoms with Gasteiger partial charge in [-0.15, -0.1) is 0 Å². The Morgan fingerprint density at radius 2 is 1.81 bits per heavy atom. The lowest BCUT2D eigenvalue weighted by atomic mass is 10.3. The molecule has 1 fully saturated rings. The topological polar surface area (TPSA) is 51.2 Å². The normalized spacial score (nSPS) is 18.2. The molecular formula is C12H16O4. The summed E-state index contributed by atoms with van der Waals surface area (Å²) in [6, 6.07) is 7.47. The highest BCUT2D eigenvalue weighted by Crippen LogP contribution is 2.19. The monoisotopic (exact) mass is 224 g/mol. The molecule has 1 heterocycles. The first-order chi connectivity index (χ1) is 7.88. The molecule has 1 atom stereocenters. The maximum Gasteiger partial charge on any atom is 0.119 e. The second-order valence-corrected chi connectivity index (χ2v) is 3.66. The van der Waals surface area contributed by atoms with Gasteiger partial charge in [0.2, 0.25) is 0 Å². The van der Waals surface area contributed by atoms with E-state index in [1.165, 1.54) is 0 Å². The van der Waals surface area contributed by atoms with Crippen molar-refractivity contribution in [3.05, 3.63) is 24.3 Å². The highest BCUT2D eigenvalue weighted by molar-refractivity contribution is 5.31. The molecule has 0 spiro atoms. The van der Waals surface area contributed by atoms with E-state index >= 15 is 0 Å². The van der Waals surface area contributed by atoms with Gasteiger partial charge in [0, 0.05) is 13.0 Å². The third-order valence-electron chi connectivity index (χ3n) is 2.23. The third-order valence-corrected chi connectivity index (χ3v) is 2.23. The lowest BCUT2D eigenvalue weighted by Crippen LogP contribution is -2.04. The van der Waals surface area contributed by atoms with E-state index in [1.807, 2.05) is 24.3 Å². The van der Waals surface area contributed by atoms with E-state index < -0.39 is 0 Å². The van der Waals surface area contributed by atoms with Crippen molar-refractivity contribution in [2.24, 2.45) is 0 Å². The fourth-order valence-electron chi connectivity index (χ4n) is 1.24. The molecule has 2 rings (SSSR count). The molecule has 1 aliphatic heterocycles. The SMILES string of the molecule is OCCCOc1ccc(OCC2CO2)cc1. The van der Waals surface area contributed by atoms with E-state index in [0.717, 1.165) is 18.1 Å². The highest BCUT2D eigenvalue weighted by Gasteiger charge is 2.22. The summed E-state index contributed by atoms with van der Waals surface area (Å²) in [6.45, 7) is 2.11. The first kappa shape index (κ1) is 11.2. The van der Waals surface area contributed by atoms with Crippen LogP contribution < -0.4 is 9.47 Å². The van der Waals surface area contributed by atoms with Gasteiger partial charge in [-0.25, -0.2) is 0 Å². The number of benzene rings is 1. The minimum absolute atomic E-state index is 0.155. The van der Waals surface area contributed by atoms with Crippen molar-refractivity contribution in [3.63, 3.8) is 0 Å². The Bertz CT molecular complexity index is 305. The summed E-state index contributed by atoms with van der Waals surface area (Å²) in [7, 11) is 0. The van der Waals surface area contributed by atoms with E-state index in [0.29, 0.717) is 19.6 Å². The Balaban J connectivity index is 1.74. The van der Waals surface area contributed by atoms with Crippen molar-refractivity contribution in [2.75, 3.05) is 26.4 Å². The number of ether oxygens (including phenoxy) is 3. The predicted octanol–water partition coefficient (Wildman–Crippen LogP) is 1.23. The molecule has 1 aromatic carbocycles. The first-order valence-corrected chi connectivity index (χ1v) is 5.46. The average molecular weight is 224 g/mol. The zero-order valence-corrected chi connectivity index (χ0v) is 9.09. The van der Waals surface area contributed by atoms with Crippen molar-refractivity contribution in [1.29, 1.82) is 0 Å². The van der Waals surface area contributed by atoms with Crippen LogP contribution in [0.3, 0.4) is 0 Å². The molecule has 1 N–H and O–H groups in total. The number of epoxide rings is 1. The molecule has 16 heavy (non-hydrogen) atoms. The molecule has 88 valence electrons. The van der Waals surface area contributed by atoms with E-state index in [2.05, 4.69) is 0 Å². The summed E-state index contributed by atoms with van der Waals surface area (Å²) in [5.41, 5.74) is 0. The van der Waals surface area contributed by atoms with Crippen LogP contribution in [0.4, 0.5) is 0 Å². The van der Waals surface area contributed by atoms with Gasteiger partial charge >= 0.3 is 0 Å². The minimum atomic E-state index is 0.155. The molecular weight excluding hydrogens is 208 g/mol. The van der Waals surface area contributed by atoms with Crippen molar-refractivity contribution in [3.8, 4) is 11.5 Å². The van der Waals surface area contributed by atoms with Crippen molar-refractivity contribution >= 4 is 0 Å². The molecule has 0 radical (unpaired) electrons. The van der Waals surface area contributed by atoms with Gasteiger partial charge in [-0.1, -0.05) is 0 Å². The van der Waals surface area contributed by atoms with Crippen molar-refractivity contribution < 1.29 is 19.3 Å². The molecule has 1 saturated heterocycles. The molecule has 4 nitrogen and oxygen atoms in total. The van der Waals surface area contributed by atoms with Crippen LogP contribution in [-0.4, -0.2) is 37.6 Å². The quantitative estimate of drug-likeness (QED) is 0.559. The Morgan fingerprint density at radius 1 is 1.19 bits per heavy atom. The Kier molecular flexibility index (Phi) is 4.02. The third kappa shape index (κ3) is 3.72. The maximum atomic E-state index is 8.60. The molecule has 0 saturated carbocycles. The molecule has 0 aromatic heterocycles. The molecule has 1 aliphatic rings. The maximum absolute atomic E-state index is 8.60. The fraction of sp³-hybridized carbons (Fsp3) is 0.500. The largest absolute Gasteiger partial charge is 0.494 e. The summed E-state index contributed by atoms with van der Waals surface area (Å²) in [6.07, 6.45) is 0.928. The second kappa shape index (κ2) is 5.72. The van der Waals surface area contributed by atoms with Gasteiger partial charge in [0.05, 0.1) is 13.2 Å². The first-order valence-electron chi connectivity index (χ1n) is 5.46. The molecule has 4 heteroatoms. The lowest BCUT2D eigenvalue weighted by Gasteiger charge is -2.07. The summed E-state index contributed by atoms with van der Waals surface area (Å²) < 4.78 is 15.9. The number of hydrogen-bond acceptors (Lipinski definition) is 4. The van der Waals surface area contributed by atoms with Crippen LogP contribution in [0.25, 0.3) is 0 Å². The van der Waals surface area contributed by atoms with E-state index in [4.69, 9.17) is 19.3 Å². The van der Waals surface area contributed by atoms with Crippen LogP contribution in [0.15, 0.2) is 24.3 Å². The molecule has 0 amide bonds. The van der Waals surface area contributed by atoms with Crippen LogP contribution in [0.5, 0.6) is 11.5 Å². The summed E-state index contributed by atoms with van der Waals surface area (Å²) in [5, 5.41) is 8.60. The van der Waals surface area contributed by atoms with Crippen LogP contribution in [0, 0.1) is 0 Å². The zero-order chi connectivity index (χ0) is 11.2. The van der Waals surface area contributed by atoms with Gasteiger partial charge in [0.1, 0.15) is 24.2 Å². The highest BCUT2D eigenvalue weighted by atomic mass is 16.6. The summed E-state index contributed by atoms with van der Waals surface area (Å²) >= 11 is 0. The van der Waals surface area contributed by atoms with Gasteiger partial charge in [0.15, 0.2) is 0 Å². The summed E-state index contributed by atoms with van der Waals surface area (Å²) in [5.74, 6) is 1.62. The predicted molar refractivity (Wildman–Crippen MR) is 58.9 cm³/mol. The van der Waals surface area contributed by atoms with Crippen LogP contribution in [0.2, 0.25) is 0 Å². The molecule has 0 aliphatic carbocycles. The molecule has 0 bridgehead atoms. The van der Waals surface area contributed by atoms with Crippen molar-refractivity contribution in [2.45, 2.75) is 12.5 Å². The fourth-order valence-corrected chi connectivity index (χ4v) is 1.24. The van der Waals surface area contributed by atoms with E-state index in [-0.39, 0.29) is 12.7 Å². The number of aliphatic hydroxyl groups is 1. The smallest absolute Gasteiger partial charge is 0.119 e.